The van der Waals surface area contributed by atoms with E-state index in [1.807, 2.05) is 78.9 Å². The van der Waals surface area contributed by atoms with Crippen LogP contribution in [0.3, 0.4) is 0 Å². The first kappa shape index (κ1) is 29.3. The second kappa shape index (κ2) is 11.9. The summed E-state index contributed by atoms with van der Waals surface area (Å²) in [6.45, 7) is 1.10. The number of carbonyl (C=O) groups excluding carboxylic acids is 1. The van der Waals surface area contributed by atoms with Crippen molar-refractivity contribution in [2.45, 2.75) is 18.6 Å². The Morgan fingerprint density at radius 2 is 1.11 bits per heavy atom. The minimum atomic E-state index is -1.18. The summed E-state index contributed by atoms with van der Waals surface area (Å²) in [5.74, 6) is 0.0554. The van der Waals surface area contributed by atoms with Crippen molar-refractivity contribution in [3.63, 3.8) is 0 Å². The number of rotatable bonds is 7. The lowest BCUT2D eigenvalue weighted by atomic mass is 9.76. The van der Waals surface area contributed by atoms with Crippen LogP contribution in [0.15, 0.2) is 158 Å². The number of hydrogen-bond donors (Lipinski definition) is 0. The van der Waals surface area contributed by atoms with E-state index in [1.165, 1.54) is 0 Å². The van der Waals surface area contributed by atoms with Gasteiger partial charge < -0.3 is 9.47 Å². The van der Waals surface area contributed by atoms with Gasteiger partial charge in [-0.3, -0.25) is 4.79 Å². The monoisotopic (exact) mass is 648 g/mol. The van der Waals surface area contributed by atoms with Crippen LogP contribution in [-0.4, -0.2) is 10.4 Å². The molecule has 0 saturated heterocycles. The lowest BCUT2D eigenvalue weighted by molar-refractivity contribution is 0.0926. The Morgan fingerprint density at radius 1 is 0.553 bits per heavy atom. The van der Waals surface area contributed by atoms with E-state index in [4.69, 9.17) is 23.2 Å². The molecule has 0 fully saturated rings. The van der Waals surface area contributed by atoms with Crippen LogP contribution in [0.1, 0.15) is 32.6 Å². The van der Waals surface area contributed by atoms with Crippen LogP contribution in [-0.2, 0) is 18.6 Å². The molecule has 0 radical (unpaired) electrons. The van der Waals surface area contributed by atoms with E-state index < -0.39 is 5.54 Å². The number of aromatic nitrogens is 1. The van der Waals surface area contributed by atoms with E-state index in [0.29, 0.717) is 28.7 Å². The van der Waals surface area contributed by atoms with Crippen molar-refractivity contribution in [2.24, 2.45) is 0 Å². The molecule has 5 heteroatoms. The third-order valence-electron chi connectivity index (χ3n) is 9.25. The van der Waals surface area contributed by atoms with Crippen LogP contribution >= 0.6 is 23.2 Å². The molecule has 8 rings (SSSR count). The van der Waals surface area contributed by atoms with E-state index in [-0.39, 0.29) is 5.78 Å². The Morgan fingerprint density at radius 3 is 1.79 bits per heavy atom. The fourth-order valence-electron chi connectivity index (χ4n) is 7.24. The number of ketones is 1. The Kier molecular flexibility index (Phi) is 7.44. The summed E-state index contributed by atoms with van der Waals surface area (Å²) >= 11 is 12.6. The topological polar surface area (TPSA) is 25.2 Å². The van der Waals surface area contributed by atoms with Gasteiger partial charge in [-0.05, 0) is 64.7 Å². The highest BCUT2D eigenvalue weighted by Crippen LogP contribution is 2.54. The van der Waals surface area contributed by atoms with Crippen molar-refractivity contribution in [1.29, 1.82) is 0 Å². The first-order valence-electron chi connectivity index (χ1n) is 15.7. The standard InChI is InChI=1S/C42H30Cl2N2O/c43-33-23-19-29(20-24-33)27-45-37-17-9-7-15-35(37)39(40(45)31-11-3-1-4-12-31)42(32-13-5-2-6-14-32)41(47)36-16-8-10-18-38(36)46(42)28-30-21-25-34(44)26-22-30/h1-26H,27-28H2. The predicted octanol–water partition coefficient (Wildman–Crippen LogP) is 10.8. The number of fused-ring (bicyclic) bond motifs is 2. The lowest BCUT2D eigenvalue weighted by Gasteiger charge is -2.40. The van der Waals surface area contributed by atoms with Crippen molar-refractivity contribution in [2.75, 3.05) is 4.90 Å². The highest BCUT2D eigenvalue weighted by Gasteiger charge is 2.56. The Labute approximate surface area is 284 Å². The summed E-state index contributed by atoms with van der Waals surface area (Å²) in [7, 11) is 0. The van der Waals surface area contributed by atoms with Crippen LogP contribution < -0.4 is 4.90 Å². The summed E-state index contributed by atoms with van der Waals surface area (Å²) in [5.41, 5.74) is 7.60. The zero-order valence-electron chi connectivity index (χ0n) is 25.5. The molecule has 0 N–H and O–H groups in total. The molecular formula is C42H30Cl2N2O. The van der Waals surface area contributed by atoms with Gasteiger partial charge >= 0.3 is 0 Å². The lowest BCUT2D eigenvalue weighted by Crippen LogP contribution is -2.48. The van der Waals surface area contributed by atoms with Crippen molar-refractivity contribution in [3.05, 3.63) is 196 Å². The van der Waals surface area contributed by atoms with Gasteiger partial charge in [-0.2, -0.15) is 0 Å². The van der Waals surface area contributed by atoms with Crippen LogP contribution in [0.5, 0.6) is 0 Å². The number of carbonyl (C=O) groups is 1. The second-order valence-electron chi connectivity index (χ2n) is 12.0. The molecule has 0 saturated carbocycles. The number of Topliss-reactive ketones (excluding diaryl/α,β-unsaturated/α-hetero) is 1. The molecule has 1 aliphatic heterocycles. The number of benzene rings is 6. The van der Waals surface area contributed by atoms with Gasteiger partial charge in [0.15, 0.2) is 11.3 Å². The number of anilines is 1. The molecule has 2 heterocycles. The Balaban J connectivity index is 1.51. The number of nitrogens with zero attached hydrogens (tertiary/aromatic N) is 2. The Hall–Kier alpha value is -5.09. The molecule has 0 amide bonds. The maximum atomic E-state index is 15.5. The van der Waals surface area contributed by atoms with Gasteiger partial charge in [-0.15, -0.1) is 0 Å². The molecule has 1 aliphatic rings. The van der Waals surface area contributed by atoms with Crippen molar-refractivity contribution in [1.82, 2.24) is 4.57 Å². The molecular weight excluding hydrogens is 619 g/mol. The average molecular weight is 650 g/mol. The van der Waals surface area contributed by atoms with Gasteiger partial charge in [0.1, 0.15) is 0 Å². The molecule has 0 aliphatic carbocycles. The number of para-hydroxylation sites is 2. The smallest absolute Gasteiger partial charge is 0.199 e. The molecule has 1 unspecified atom stereocenters. The van der Waals surface area contributed by atoms with E-state index in [2.05, 4.69) is 88.3 Å². The van der Waals surface area contributed by atoms with E-state index in [0.717, 1.165) is 50.1 Å². The summed E-state index contributed by atoms with van der Waals surface area (Å²) in [6.07, 6.45) is 0. The first-order valence-corrected chi connectivity index (χ1v) is 16.4. The zero-order chi connectivity index (χ0) is 32.0. The average Bonchev–Trinajstić information content (AvgIpc) is 3.57. The fraction of sp³-hybridized carbons (Fsp3) is 0.0714. The maximum Gasteiger partial charge on any atom is 0.199 e. The van der Waals surface area contributed by atoms with Gasteiger partial charge in [0, 0.05) is 50.9 Å². The van der Waals surface area contributed by atoms with E-state index in [9.17, 15) is 0 Å². The van der Waals surface area contributed by atoms with Gasteiger partial charge in [-0.1, -0.05) is 138 Å². The van der Waals surface area contributed by atoms with Crippen LogP contribution in [0.2, 0.25) is 10.0 Å². The third-order valence-corrected chi connectivity index (χ3v) is 9.76. The minimum absolute atomic E-state index is 0.0554. The summed E-state index contributed by atoms with van der Waals surface area (Å²) in [4.78, 5) is 17.8. The normalized spacial score (nSPS) is 15.7. The zero-order valence-corrected chi connectivity index (χ0v) is 27.0. The molecule has 7 aromatic rings. The van der Waals surface area contributed by atoms with Gasteiger partial charge in [-0.25, -0.2) is 0 Å². The molecule has 0 spiro atoms. The van der Waals surface area contributed by atoms with Crippen molar-refractivity contribution in [3.8, 4) is 11.3 Å². The molecule has 228 valence electrons. The van der Waals surface area contributed by atoms with Crippen LogP contribution in [0.25, 0.3) is 22.2 Å². The van der Waals surface area contributed by atoms with Gasteiger partial charge in [0.05, 0.1) is 5.69 Å². The SMILES string of the molecule is O=C1c2ccccc2N(Cc2ccc(Cl)cc2)C1(c1ccccc1)c1c(-c2ccccc2)n(Cc2ccc(Cl)cc2)c2ccccc12. The van der Waals surface area contributed by atoms with E-state index in [1.54, 1.807) is 0 Å². The molecule has 3 nitrogen and oxygen atoms in total. The first-order chi connectivity index (χ1) is 23.1. The minimum Gasteiger partial charge on any atom is -0.346 e. The summed E-state index contributed by atoms with van der Waals surface area (Å²) < 4.78 is 2.37. The van der Waals surface area contributed by atoms with Crippen LogP contribution in [0.4, 0.5) is 5.69 Å². The molecule has 0 bridgehead atoms. The van der Waals surface area contributed by atoms with E-state index >= 15 is 4.79 Å². The largest absolute Gasteiger partial charge is 0.346 e. The third kappa shape index (κ3) is 4.86. The van der Waals surface area contributed by atoms with Crippen LogP contribution in [0, 0.1) is 0 Å². The summed E-state index contributed by atoms with van der Waals surface area (Å²) in [6, 6.07) is 53.1. The number of halogens is 2. The Bertz CT molecular complexity index is 2230. The van der Waals surface area contributed by atoms with Gasteiger partial charge in [0.25, 0.3) is 0 Å². The molecule has 47 heavy (non-hydrogen) atoms. The molecule has 6 aromatic carbocycles. The predicted molar refractivity (Wildman–Crippen MR) is 194 cm³/mol. The molecule has 1 aromatic heterocycles. The number of hydrogen-bond acceptors (Lipinski definition) is 2. The second-order valence-corrected chi connectivity index (χ2v) is 12.8. The van der Waals surface area contributed by atoms with Crippen molar-refractivity contribution < 1.29 is 4.79 Å². The highest BCUT2D eigenvalue weighted by atomic mass is 35.5. The quantitative estimate of drug-likeness (QED) is 0.172. The van der Waals surface area contributed by atoms with Gasteiger partial charge in [0.2, 0.25) is 0 Å². The molecule has 1 atom stereocenters. The summed E-state index contributed by atoms with van der Waals surface area (Å²) in [5, 5.41) is 2.41. The highest BCUT2D eigenvalue weighted by molar-refractivity contribution is 6.30. The maximum absolute atomic E-state index is 15.5. The fourth-order valence-corrected chi connectivity index (χ4v) is 7.49. The van der Waals surface area contributed by atoms with Crippen molar-refractivity contribution >= 4 is 45.6 Å².